The van der Waals surface area contributed by atoms with Gasteiger partial charge < -0.3 is 5.32 Å². The topological polar surface area (TPSA) is 29.1 Å². The van der Waals surface area contributed by atoms with E-state index in [1.54, 1.807) is 0 Å². The van der Waals surface area contributed by atoms with Gasteiger partial charge in [0.25, 0.3) is 5.78 Å². The van der Waals surface area contributed by atoms with Crippen LogP contribution >= 0.6 is 12.4 Å². The normalized spacial score (nSPS) is 37.9. The lowest BCUT2D eigenvalue weighted by Crippen LogP contribution is -2.54. The van der Waals surface area contributed by atoms with E-state index in [4.69, 9.17) is 0 Å². The molecule has 6 heteroatoms. The number of hydrogen-bond donors (Lipinski definition) is 1. The van der Waals surface area contributed by atoms with Crippen molar-refractivity contribution in [2.75, 3.05) is 0 Å². The highest BCUT2D eigenvalue weighted by molar-refractivity contribution is 5.94. The quantitative estimate of drug-likeness (QED) is 0.777. The van der Waals surface area contributed by atoms with Crippen molar-refractivity contribution in [1.82, 2.24) is 5.32 Å². The number of carbonyl (C=O) groups is 1. The summed E-state index contributed by atoms with van der Waals surface area (Å²) in [6, 6.07) is 0.128. The molecule has 4 rings (SSSR count). The van der Waals surface area contributed by atoms with Gasteiger partial charge in [-0.25, -0.2) is 0 Å². The van der Waals surface area contributed by atoms with Gasteiger partial charge in [0, 0.05) is 18.3 Å². The molecule has 0 aliphatic heterocycles. The molecule has 2 nitrogen and oxygen atoms in total. The fourth-order valence-electron chi connectivity index (χ4n) is 5.25. The molecule has 0 amide bonds. The first kappa shape index (κ1) is 17.6. The summed E-state index contributed by atoms with van der Waals surface area (Å²) in [7, 11) is 0. The lowest BCUT2D eigenvalue weighted by molar-refractivity contribution is -0.165. The van der Waals surface area contributed by atoms with Crippen molar-refractivity contribution in [3.05, 3.63) is 12.3 Å². The van der Waals surface area contributed by atoms with Crippen LogP contribution < -0.4 is 5.32 Å². The van der Waals surface area contributed by atoms with Gasteiger partial charge >= 0.3 is 6.18 Å². The molecule has 4 aliphatic carbocycles. The summed E-state index contributed by atoms with van der Waals surface area (Å²) in [6.07, 6.45) is 4.62. The zero-order valence-electron chi connectivity index (χ0n) is 12.7. The Balaban J connectivity index is 0.00000176. The van der Waals surface area contributed by atoms with E-state index in [1.807, 2.05) is 0 Å². The number of allylic oxidation sites excluding steroid dienone is 1. The van der Waals surface area contributed by atoms with Crippen LogP contribution in [0.1, 0.15) is 45.4 Å². The molecule has 4 bridgehead atoms. The smallest absolute Gasteiger partial charge is 0.388 e. The van der Waals surface area contributed by atoms with Gasteiger partial charge in [-0.1, -0.05) is 0 Å². The summed E-state index contributed by atoms with van der Waals surface area (Å²) in [6.45, 7) is 2.05. The first-order valence-corrected chi connectivity index (χ1v) is 7.82. The number of alkyl halides is 3. The number of nitrogens with one attached hydrogen (secondary N) is 1. The first-order chi connectivity index (χ1) is 9.78. The van der Waals surface area contributed by atoms with E-state index < -0.39 is 12.0 Å². The van der Waals surface area contributed by atoms with Crippen molar-refractivity contribution < 1.29 is 18.0 Å². The molecule has 0 aromatic rings. The Kier molecular flexibility index (Phi) is 4.86. The van der Waals surface area contributed by atoms with Crippen LogP contribution in [0.25, 0.3) is 0 Å². The van der Waals surface area contributed by atoms with Gasteiger partial charge in [-0.2, -0.15) is 13.2 Å². The number of carbonyl (C=O) groups excluding carboxylic acids is 1. The second-order valence-corrected chi connectivity index (χ2v) is 7.36. The Bertz CT molecular complexity index is 426. The zero-order valence-corrected chi connectivity index (χ0v) is 13.5. The van der Waals surface area contributed by atoms with E-state index in [1.165, 1.54) is 44.7 Å². The van der Waals surface area contributed by atoms with Crippen molar-refractivity contribution in [1.29, 1.82) is 0 Å². The lowest BCUT2D eigenvalue weighted by atomic mass is 9.48. The molecular weight excluding hydrogens is 315 g/mol. The monoisotopic (exact) mass is 337 g/mol. The van der Waals surface area contributed by atoms with E-state index >= 15 is 0 Å². The third kappa shape index (κ3) is 3.29. The molecule has 0 saturated heterocycles. The third-order valence-electron chi connectivity index (χ3n) is 5.86. The maximum absolute atomic E-state index is 12.2. The van der Waals surface area contributed by atoms with Crippen molar-refractivity contribution in [2.24, 2.45) is 23.2 Å². The van der Waals surface area contributed by atoms with E-state index in [-0.39, 0.29) is 23.9 Å². The van der Waals surface area contributed by atoms with Gasteiger partial charge in [-0.05, 0) is 68.6 Å². The highest BCUT2D eigenvalue weighted by Crippen LogP contribution is 2.61. The average molecular weight is 338 g/mol. The summed E-state index contributed by atoms with van der Waals surface area (Å²) in [4.78, 5) is 10.8. The predicted molar refractivity (Wildman–Crippen MR) is 80.7 cm³/mol. The Morgan fingerprint density at radius 3 is 2.00 bits per heavy atom. The second-order valence-electron chi connectivity index (χ2n) is 7.36. The molecule has 4 fully saturated rings. The molecule has 1 unspecified atom stereocenters. The molecular formula is C16H23ClF3NO. The molecule has 0 aromatic carbocycles. The highest BCUT2D eigenvalue weighted by Gasteiger charge is 2.53. The largest absolute Gasteiger partial charge is 0.454 e. The SMILES string of the molecule is CC(NC=CC(=O)C(F)(F)F)C12CC3CC(CC(C3)C1)C2.Cl. The van der Waals surface area contributed by atoms with Crippen LogP contribution in [0.15, 0.2) is 12.3 Å². The minimum atomic E-state index is -4.78. The van der Waals surface area contributed by atoms with Gasteiger partial charge in [0.2, 0.25) is 0 Å². The number of rotatable bonds is 4. The molecule has 4 aliphatic rings. The van der Waals surface area contributed by atoms with Gasteiger partial charge in [-0.15, -0.1) is 12.4 Å². The van der Waals surface area contributed by atoms with Crippen LogP contribution in [-0.4, -0.2) is 18.0 Å². The molecule has 0 radical (unpaired) electrons. The molecule has 0 heterocycles. The number of hydrogen-bond acceptors (Lipinski definition) is 2. The third-order valence-corrected chi connectivity index (χ3v) is 5.86. The minimum absolute atomic E-state index is 0. The Morgan fingerprint density at radius 1 is 1.14 bits per heavy atom. The van der Waals surface area contributed by atoms with Gasteiger partial charge in [-0.3, -0.25) is 4.79 Å². The van der Waals surface area contributed by atoms with Crippen molar-refractivity contribution in [3.63, 3.8) is 0 Å². The maximum atomic E-state index is 12.2. The Morgan fingerprint density at radius 2 is 1.59 bits per heavy atom. The standard InChI is InChI=1S/C16H22F3NO.ClH/c1-10(20-3-2-14(21)16(17,18)19)15-7-11-4-12(8-15)6-13(5-11)9-15;/h2-3,10-13,20H,4-9H2,1H3;1H. The predicted octanol–water partition coefficient (Wildman–Crippen LogP) is 4.25. The van der Waals surface area contributed by atoms with Crippen LogP contribution in [0.5, 0.6) is 0 Å². The molecule has 4 saturated carbocycles. The molecule has 1 N–H and O–H groups in total. The van der Waals surface area contributed by atoms with Crippen molar-refractivity contribution in [3.8, 4) is 0 Å². The molecule has 0 spiro atoms. The van der Waals surface area contributed by atoms with E-state index in [0.29, 0.717) is 6.08 Å². The van der Waals surface area contributed by atoms with Crippen LogP contribution in [0, 0.1) is 23.2 Å². The summed E-state index contributed by atoms with van der Waals surface area (Å²) >= 11 is 0. The van der Waals surface area contributed by atoms with Crippen LogP contribution in [0.3, 0.4) is 0 Å². The maximum Gasteiger partial charge on any atom is 0.454 e. The fraction of sp³-hybridized carbons (Fsp3) is 0.812. The van der Waals surface area contributed by atoms with Crippen LogP contribution in [0.4, 0.5) is 13.2 Å². The summed E-state index contributed by atoms with van der Waals surface area (Å²) in [5.74, 6) is 0.622. The van der Waals surface area contributed by atoms with Crippen LogP contribution in [-0.2, 0) is 4.79 Å². The zero-order chi connectivity index (χ0) is 15.3. The molecule has 126 valence electrons. The second kappa shape index (κ2) is 6.06. The summed E-state index contributed by atoms with van der Waals surface area (Å²) in [5, 5.41) is 3.04. The fourth-order valence-corrected chi connectivity index (χ4v) is 5.25. The molecule has 22 heavy (non-hydrogen) atoms. The van der Waals surface area contributed by atoms with Gasteiger partial charge in [0.15, 0.2) is 0 Å². The number of halogens is 4. The van der Waals surface area contributed by atoms with E-state index in [9.17, 15) is 18.0 Å². The number of ketones is 1. The van der Waals surface area contributed by atoms with Crippen molar-refractivity contribution in [2.45, 2.75) is 57.7 Å². The first-order valence-electron chi connectivity index (χ1n) is 7.82. The van der Waals surface area contributed by atoms with Crippen molar-refractivity contribution >= 4 is 18.2 Å². The lowest BCUT2D eigenvalue weighted by Gasteiger charge is -2.59. The van der Waals surface area contributed by atoms with E-state index in [2.05, 4.69) is 12.2 Å². The minimum Gasteiger partial charge on any atom is -0.388 e. The highest BCUT2D eigenvalue weighted by atomic mass is 35.5. The average Bonchev–Trinajstić information content (AvgIpc) is 2.35. The molecule has 1 atom stereocenters. The van der Waals surface area contributed by atoms with E-state index in [0.717, 1.165) is 17.8 Å². The Labute approximate surface area is 135 Å². The Hall–Kier alpha value is -0.710. The summed E-state index contributed by atoms with van der Waals surface area (Å²) < 4.78 is 36.5. The summed E-state index contributed by atoms with van der Waals surface area (Å²) in [5.41, 5.74) is 0.223. The molecule has 0 aromatic heterocycles. The van der Waals surface area contributed by atoms with Gasteiger partial charge in [0.05, 0.1) is 0 Å². The van der Waals surface area contributed by atoms with Crippen LogP contribution in [0.2, 0.25) is 0 Å². The van der Waals surface area contributed by atoms with Gasteiger partial charge in [0.1, 0.15) is 0 Å².